The Kier molecular flexibility index (Phi) is 5.04. The second-order valence-corrected chi connectivity index (χ2v) is 7.03. The number of hydrogen-bond donors (Lipinski definition) is 2. The van der Waals surface area contributed by atoms with Crippen LogP contribution in [-0.4, -0.2) is 21.7 Å². The summed E-state index contributed by atoms with van der Waals surface area (Å²) >= 11 is 9.47. The minimum Gasteiger partial charge on any atom is -0.348 e. The first-order valence-corrected chi connectivity index (χ1v) is 8.65. The van der Waals surface area contributed by atoms with Crippen LogP contribution in [0.4, 0.5) is 0 Å². The molecule has 2 N–H and O–H groups in total. The molecule has 0 spiro atoms. The first-order chi connectivity index (χ1) is 11.0. The second-order valence-electron chi connectivity index (χ2n) is 5.77. The van der Waals surface area contributed by atoms with Gasteiger partial charge < -0.3 is 10.6 Å². The fourth-order valence-electron chi connectivity index (χ4n) is 2.83. The molecule has 0 saturated carbocycles. The van der Waals surface area contributed by atoms with Crippen molar-refractivity contribution in [2.24, 2.45) is 7.05 Å². The summed E-state index contributed by atoms with van der Waals surface area (Å²) in [6.07, 6.45) is 5.10. The third kappa shape index (κ3) is 3.94. The lowest BCUT2D eigenvalue weighted by Crippen LogP contribution is -2.48. The number of halogens is 2. The predicted molar refractivity (Wildman–Crippen MR) is 93.1 cm³/mol. The van der Waals surface area contributed by atoms with E-state index in [0.717, 1.165) is 22.0 Å². The third-order valence-electron chi connectivity index (χ3n) is 4.04. The minimum absolute atomic E-state index is 0.0549. The van der Waals surface area contributed by atoms with E-state index in [0.29, 0.717) is 18.0 Å². The SMILES string of the molecule is Cn1cc([C@@H]2NC(=O)CC[C@H]2NCc2ccc(Cl)c(Br)c2)cn1. The van der Waals surface area contributed by atoms with E-state index in [9.17, 15) is 4.79 Å². The van der Waals surface area contributed by atoms with Gasteiger partial charge in [-0.15, -0.1) is 0 Å². The molecule has 23 heavy (non-hydrogen) atoms. The molecular weight excluding hydrogens is 380 g/mol. The number of nitrogens with one attached hydrogen (secondary N) is 2. The summed E-state index contributed by atoms with van der Waals surface area (Å²) in [6.45, 7) is 0.715. The average molecular weight is 398 g/mol. The molecule has 2 heterocycles. The summed E-state index contributed by atoms with van der Waals surface area (Å²) in [4.78, 5) is 11.8. The molecule has 0 bridgehead atoms. The van der Waals surface area contributed by atoms with Gasteiger partial charge in [0.15, 0.2) is 0 Å². The van der Waals surface area contributed by atoms with Crippen molar-refractivity contribution in [3.63, 3.8) is 0 Å². The molecule has 1 aromatic carbocycles. The smallest absolute Gasteiger partial charge is 0.220 e. The highest BCUT2D eigenvalue weighted by atomic mass is 79.9. The number of carbonyl (C=O) groups is 1. The molecule has 122 valence electrons. The Hall–Kier alpha value is -1.37. The number of piperidine rings is 1. The number of amides is 1. The van der Waals surface area contributed by atoms with E-state index < -0.39 is 0 Å². The highest BCUT2D eigenvalue weighted by Crippen LogP contribution is 2.26. The fraction of sp³-hybridized carbons (Fsp3) is 0.375. The van der Waals surface area contributed by atoms with Crippen molar-refractivity contribution >= 4 is 33.4 Å². The topological polar surface area (TPSA) is 59.0 Å². The lowest BCUT2D eigenvalue weighted by molar-refractivity contribution is -0.123. The summed E-state index contributed by atoms with van der Waals surface area (Å²) in [6, 6.07) is 6.01. The highest BCUT2D eigenvalue weighted by molar-refractivity contribution is 9.10. The first kappa shape index (κ1) is 16.5. The molecule has 3 rings (SSSR count). The number of aromatic nitrogens is 2. The van der Waals surface area contributed by atoms with E-state index in [-0.39, 0.29) is 18.0 Å². The zero-order valence-corrected chi connectivity index (χ0v) is 15.1. The van der Waals surface area contributed by atoms with Gasteiger partial charge in [-0.3, -0.25) is 9.48 Å². The van der Waals surface area contributed by atoms with Crippen LogP contribution in [0.1, 0.15) is 30.0 Å². The summed E-state index contributed by atoms with van der Waals surface area (Å²) < 4.78 is 2.64. The van der Waals surface area contributed by atoms with Crippen LogP contribution in [-0.2, 0) is 18.4 Å². The van der Waals surface area contributed by atoms with Gasteiger partial charge >= 0.3 is 0 Å². The Bertz CT molecular complexity index is 718. The molecule has 1 aliphatic heterocycles. The molecule has 0 unspecified atom stereocenters. The van der Waals surface area contributed by atoms with Crippen LogP contribution < -0.4 is 10.6 Å². The van der Waals surface area contributed by atoms with E-state index in [2.05, 4.69) is 31.7 Å². The molecule has 2 atom stereocenters. The molecule has 7 heteroatoms. The van der Waals surface area contributed by atoms with Crippen LogP contribution in [0.25, 0.3) is 0 Å². The predicted octanol–water partition coefficient (Wildman–Crippen LogP) is 2.95. The van der Waals surface area contributed by atoms with Crippen LogP contribution in [0.5, 0.6) is 0 Å². The van der Waals surface area contributed by atoms with Gasteiger partial charge in [-0.2, -0.15) is 5.10 Å². The molecule has 0 radical (unpaired) electrons. The number of benzene rings is 1. The normalized spacial score (nSPS) is 21.3. The number of nitrogens with zero attached hydrogens (tertiary/aromatic N) is 2. The van der Waals surface area contributed by atoms with Crippen LogP contribution in [0.15, 0.2) is 35.1 Å². The molecule has 2 aromatic rings. The third-order valence-corrected chi connectivity index (χ3v) is 5.25. The number of aryl methyl sites for hydroxylation is 1. The maximum Gasteiger partial charge on any atom is 0.220 e. The molecule has 1 fully saturated rings. The summed E-state index contributed by atoms with van der Waals surface area (Å²) in [5.74, 6) is 0.0890. The number of carbonyl (C=O) groups excluding carboxylic acids is 1. The standard InChI is InChI=1S/C16H18BrClN4O/c1-22-9-11(8-20-22)16-14(4-5-15(23)21-16)19-7-10-2-3-13(18)12(17)6-10/h2-3,6,8-9,14,16,19H,4-5,7H2,1H3,(H,21,23)/t14-,16+/m1/s1. The van der Waals surface area contributed by atoms with E-state index in [1.807, 2.05) is 37.6 Å². The van der Waals surface area contributed by atoms with E-state index >= 15 is 0 Å². The van der Waals surface area contributed by atoms with Crippen molar-refractivity contribution in [1.82, 2.24) is 20.4 Å². The van der Waals surface area contributed by atoms with Crippen molar-refractivity contribution in [1.29, 1.82) is 0 Å². The maximum absolute atomic E-state index is 11.8. The molecular formula is C16H18BrClN4O. The largest absolute Gasteiger partial charge is 0.348 e. The monoisotopic (exact) mass is 396 g/mol. The van der Waals surface area contributed by atoms with Crippen LogP contribution in [0.2, 0.25) is 5.02 Å². The minimum atomic E-state index is -0.0549. The van der Waals surface area contributed by atoms with Crippen LogP contribution >= 0.6 is 27.5 Å². The molecule has 1 amide bonds. The van der Waals surface area contributed by atoms with Gasteiger partial charge in [-0.25, -0.2) is 0 Å². The zero-order valence-electron chi connectivity index (χ0n) is 12.7. The Morgan fingerprint density at radius 3 is 3.04 bits per heavy atom. The van der Waals surface area contributed by atoms with Crippen LogP contribution in [0, 0.1) is 0 Å². The van der Waals surface area contributed by atoms with Gasteiger partial charge in [0.05, 0.1) is 17.3 Å². The number of rotatable bonds is 4. The lowest BCUT2D eigenvalue weighted by Gasteiger charge is -2.32. The van der Waals surface area contributed by atoms with Gasteiger partial charge in [-0.1, -0.05) is 17.7 Å². The van der Waals surface area contributed by atoms with E-state index in [1.165, 1.54) is 0 Å². The molecule has 0 aliphatic carbocycles. The average Bonchev–Trinajstić information content (AvgIpc) is 2.96. The van der Waals surface area contributed by atoms with Crippen molar-refractivity contribution in [2.45, 2.75) is 31.5 Å². The second kappa shape index (κ2) is 7.03. The highest BCUT2D eigenvalue weighted by Gasteiger charge is 2.30. The summed E-state index contributed by atoms with van der Waals surface area (Å²) in [5.41, 5.74) is 2.17. The van der Waals surface area contributed by atoms with Gasteiger partial charge in [-0.05, 0) is 40.0 Å². The Morgan fingerprint density at radius 2 is 2.35 bits per heavy atom. The maximum atomic E-state index is 11.8. The molecule has 1 saturated heterocycles. The quantitative estimate of drug-likeness (QED) is 0.834. The van der Waals surface area contributed by atoms with Crippen molar-refractivity contribution in [3.8, 4) is 0 Å². The first-order valence-electron chi connectivity index (χ1n) is 7.48. The van der Waals surface area contributed by atoms with Crippen molar-refractivity contribution in [3.05, 3.63) is 51.2 Å². The summed E-state index contributed by atoms with van der Waals surface area (Å²) in [7, 11) is 1.88. The van der Waals surface area contributed by atoms with Crippen molar-refractivity contribution in [2.75, 3.05) is 0 Å². The van der Waals surface area contributed by atoms with Gasteiger partial charge in [0, 0.05) is 42.3 Å². The van der Waals surface area contributed by atoms with E-state index in [4.69, 9.17) is 11.6 Å². The van der Waals surface area contributed by atoms with E-state index in [1.54, 1.807) is 4.68 Å². The number of hydrogen-bond acceptors (Lipinski definition) is 3. The van der Waals surface area contributed by atoms with Gasteiger partial charge in [0.1, 0.15) is 0 Å². The Balaban J connectivity index is 1.71. The lowest BCUT2D eigenvalue weighted by atomic mass is 9.93. The molecule has 1 aromatic heterocycles. The van der Waals surface area contributed by atoms with Gasteiger partial charge in [0.25, 0.3) is 0 Å². The zero-order chi connectivity index (χ0) is 16.4. The van der Waals surface area contributed by atoms with Crippen molar-refractivity contribution < 1.29 is 4.79 Å². The molecule has 5 nitrogen and oxygen atoms in total. The Labute approximate surface area is 148 Å². The van der Waals surface area contributed by atoms with Crippen LogP contribution in [0.3, 0.4) is 0 Å². The summed E-state index contributed by atoms with van der Waals surface area (Å²) in [5, 5.41) is 11.5. The Morgan fingerprint density at radius 1 is 1.52 bits per heavy atom. The van der Waals surface area contributed by atoms with Gasteiger partial charge in [0.2, 0.25) is 5.91 Å². The fourth-order valence-corrected chi connectivity index (χ4v) is 3.38. The molecule has 1 aliphatic rings.